The van der Waals surface area contributed by atoms with Gasteiger partial charge in [0.2, 0.25) is 0 Å². The van der Waals surface area contributed by atoms with Crippen molar-refractivity contribution in [3.8, 4) is 0 Å². The van der Waals surface area contributed by atoms with Crippen molar-refractivity contribution in [1.82, 2.24) is 5.32 Å². The van der Waals surface area contributed by atoms with E-state index in [-0.39, 0.29) is 17.3 Å². The number of rotatable bonds is 3. The minimum Gasteiger partial charge on any atom is -0.392 e. The third-order valence-corrected chi connectivity index (χ3v) is 2.73. The molecule has 0 amide bonds. The van der Waals surface area contributed by atoms with Gasteiger partial charge in [-0.1, -0.05) is 0 Å². The molecule has 0 aromatic carbocycles. The molecule has 0 bridgehead atoms. The molecule has 2 atom stereocenters. The second kappa shape index (κ2) is 3.80. The molecule has 0 aliphatic carbocycles. The van der Waals surface area contributed by atoms with Crippen LogP contribution in [0.15, 0.2) is 0 Å². The smallest absolute Gasteiger partial charge is 0.0787 e. The van der Waals surface area contributed by atoms with Crippen molar-refractivity contribution >= 4 is 0 Å². The lowest BCUT2D eigenvalue weighted by atomic mass is 9.94. The van der Waals surface area contributed by atoms with Crippen LogP contribution in [-0.4, -0.2) is 35.0 Å². The van der Waals surface area contributed by atoms with Gasteiger partial charge >= 0.3 is 0 Å². The fraction of sp³-hybridized carbons (Fsp3) is 1.00. The van der Waals surface area contributed by atoms with Crippen LogP contribution in [0, 0.1) is 0 Å². The van der Waals surface area contributed by atoms with E-state index < -0.39 is 0 Å². The maximum Gasteiger partial charge on any atom is 0.0787 e. The highest BCUT2D eigenvalue weighted by molar-refractivity contribution is 4.98. The van der Waals surface area contributed by atoms with Crippen LogP contribution in [0.1, 0.15) is 41.0 Å². The Morgan fingerprint density at radius 2 is 2.00 bits per heavy atom. The van der Waals surface area contributed by atoms with E-state index in [2.05, 4.69) is 33.0 Å². The Hall–Kier alpha value is -0.120. The van der Waals surface area contributed by atoms with Crippen molar-refractivity contribution < 1.29 is 9.84 Å². The van der Waals surface area contributed by atoms with Crippen LogP contribution in [0.2, 0.25) is 0 Å². The first-order valence-electron chi connectivity index (χ1n) is 5.34. The SMILES string of the molecule is CC(O)CNC1CC(C)(C)OC1(C)C. The highest BCUT2D eigenvalue weighted by Crippen LogP contribution is 2.37. The molecule has 1 aliphatic rings. The molecule has 2 N–H and O–H groups in total. The van der Waals surface area contributed by atoms with Crippen molar-refractivity contribution in [2.45, 2.75) is 64.4 Å². The second-order valence-corrected chi connectivity index (χ2v) is 5.48. The first-order chi connectivity index (χ1) is 6.23. The summed E-state index contributed by atoms with van der Waals surface area (Å²) in [6.07, 6.45) is 0.696. The molecular formula is C11H23NO2. The van der Waals surface area contributed by atoms with Gasteiger partial charge in [0.15, 0.2) is 0 Å². The van der Waals surface area contributed by atoms with E-state index in [1.807, 2.05) is 0 Å². The highest BCUT2D eigenvalue weighted by atomic mass is 16.5. The fourth-order valence-corrected chi connectivity index (χ4v) is 2.19. The van der Waals surface area contributed by atoms with Crippen molar-refractivity contribution in [3.05, 3.63) is 0 Å². The number of aliphatic hydroxyl groups excluding tert-OH is 1. The molecule has 14 heavy (non-hydrogen) atoms. The van der Waals surface area contributed by atoms with Crippen LogP contribution in [0.4, 0.5) is 0 Å². The molecule has 0 radical (unpaired) electrons. The Morgan fingerprint density at radius 1 is 1.43 bits per heavy atom. The van der Waals surface area contributed by atoms with Gasteiger partial charge in [-0.25, -0.2) is 0 Å². The molecule has 1 fully saturated rings. The van der Waals surface area contributed by atoms with E-state index in [1.165, 1.54) is 0 Å². The lowest BCUT2D eigenvalue weighted by Crippen LogP contribution is -2.45. The molecule has 0 saturated carbocycles. The van der Waals surface area contributed by atoms with Crippen LogP contribution < -0.4 is 5.32 Å². The van der Waals surface area contributed by atoms with E-state index in [9.17, 15) is 5.11 Å². The van der Waals surface area contributed by atoms with Crippen molar-refractivity contribution in [2.75, 3.05) is 6.54 Å². The number of hydrogen-bond donors (Lipinski definition) is 2. The second-order valence-electron chi connectivity index (χ2n) is 5.48. The molecule has 1 aliphatic heterocycles. The summed E-state index contributed by atoms with van der Waals surface area (Å²) >= 11 is 0. The summed E-state index contributed by atoms with van der Waals surface area (Å²) in [4.78, 5) is 0. The molecule has 1 rings (SSSR count). The van der Waals surface area contributed by atoms with Crippen LogP contribution in [-0.2, 0) is 4.74 Å². The topological polar surface area (TPSA) is 41.5 Å². The van der Waals surface area contributed by atoms with Gasteiger partial charge < -0.3 is 15.2 Å². The molecule has 1 saturated heterocycles. The van der Waals surface area contributed by atoms with Crippen LogP contribution in [0.5, 0.6) is 0 Å². The normalized spacial score (nSPS) is 31.7. The molecule has 3 nitrogen and oxygen atoms in total. The fourth-order valence-electron chi connectivity index (χ4n) is 2.19. The van der Waals surface area contributed by atoms with Gasteiger partial charge in [0, 0.05) is 12.6 Å². The molecule has 0 aromatic heterocycles. The molecular weight excluding hydrogens is 178 g/mol. The number of nitrogens with one attached hydrogen (secondary N) is 1. The van der Waals surface area contributed by atoms with E-state index in [4.69, 9.17) is 4.74 Å². The van der Waals surface area contributed by atoms with Crippen LogP contribution >= 0.6 is 0 Å². The Morgan fingerprint density at radius 3 is 2.36 bits per heavy atom. The quantitative estimate of drug-likeness (QED) is 0.723. The lowest BCUT2D eigenvalue weighted by molar-refractivity contribution is -0.0701. The van der Waals surface area contributed by atoms with Gasteiger partial charge in [0.05, 0.1) is 17.3 Å². The van der Waals surface area contributed by atoms with E-state index >= 15 is 0 Å². The molecule has 1 heterocycles. The maximum atomic E-state index is 9.21. The average molecular weight is 201 g/mol. The molecule has 84 valence electrons. The Labute approximate surface area is 86.8 Å². The molecule has 0 aromatic rings. The summed E-state index contributed by atoms with van der Waals surface area (Å²) in [6, 6.07) is 0.326. The summed E-state index contributed by atoms with van der Waals surface area (Å²) < 4.78 is 5.94. The minimum atomic E-state index is -0.297. The van der Waals surface area contributed by atoms with Crippen LogP contribution in [0.25, 0.3) is 0 Å². The minimum absolute atomic E-state index is 0.0557. The van der Waals surface area contributed by atoms with E-state index in [1.54, 1.807) is 6.92 Å². The standard InChI is InChI=1S/C11H23NO2/c1-8(13)7-12-9-6-10(2,3)14-11(9,4)5/h8-9,12-13H,6-7H2,1-5H3. The summed E-state index contributed by atoms with van der Waals surface area (Å²) in [6.45, 7) is 10.8. The van der Waals surface area contributed by atoms with Crippen molar-refractivity contribution in [1.29, 1.82) is 0 Å². The highest BCUT2D eigenvalue weighted by Gasteiger charge is 2.45. The first-order valence-corrected chi connectivity index (χ1v) is 5.34. The molecule has 3 heteroatoms. The third-order valence-electron chi connectivity index (χ3n) is 2.73. The van der Waals surface area contributed by atoms with Gasteiger partial charge in [-0.05, 0) is 41.0 Å². The van der Waals surface area contributed by atoms with Crippen LogP contribution in [0.3, 0.4) is 0 Å². The lowest BCUT2D eigenvalue weighted by Gasteiger charge is -2.28. The average Bonchev–Trinajstić information content (AvgIpc) is 2.14. The van der Waals surface area contributed by atoms with Crippen molar-refractivity contribution in [2.24, 2.45) is 0 Å². The number of hydrogen-bond acceptors (Lipinski definition) is 3. The summed E-state index contributed by atoms with van der Waals surface area (Å²) in [5, 5.41) is 12.6. The zero-order valence-electron chi connectivity index (χ0n) is 9.92. The first kappa shape index (κ1) is 12.0. The summed E-state index contributed by atoms with van der Waals surface area (Å²) in [7, 11) is 0. The predicted octanol–water partition coefficient (Wildman–Crippen LogP) is 1.30. The maximum absolute atomic E-state index is 9.21. The van der Waals surface area contributed by atoms with E-state index in [0.717, 1.165) is 6.42 Å². The Bertz CT molecular complexity index is 199. The van der Waals surface area contributed by atoms with Gasteiger partial charge in [-0.3, -0.25) is 0 Å². The summed E-state index contributed by atoms with van der Waals surface area (Å²) in [5.74, 6) is 0. The summed E-state index contributed by atoms with van der Waals surface area (Å²) in [5.41, 5.74) is -0.196. The monoisotopic (exact) mass is 201 g/mol. The van der Waals surface area contributed by atoms with Gasteiger partial charge in [-0.15, -0.1) is 0 Å². The van der Waals surface area contributed by atoms with Crippen molar-refractivity contribution in [3.63, 3.8) is 0 Å². The largest absolute Gasteiger partial charge is 0.392 e. The van der Waals surface area contributed by atoms with Gasteiger partial charge in [0.1, 0.15) is 0 Å². The Balaban J connectivity index is 2.53. The number of ether oxygens (including phenoxy) is 1. The third kappa shape index (κ3) is 2.94. The van der Waals surface area contributed by atoms with Gasteiger partial charge in [-0.2, -0.15) is 0 Å². The Kier molecular flexibility index (Phi) is 3.24. The molecule has 2 unspecified atom stereocenters. The van der Waals surface area contributed by atoms with Gasteiger partial charge in [0.25, 0.3) is 0 Å². The molecule has 0 spiro atoms. The zero-order chi connectivity index (χ0) is 11.0. The van der Waals surface area contributed by atoms with E-state index in [0.29, 0.717) is 12.6 Å². The number of aliphatic hydroxyl groups is 1. The zero-order valence-corrected chi connectivity index (χ0v) is 9.92. The predicted molar refractivity (Wildman–Crippen MR) is 57.3 cm³/mol.